The van der Waals surface area contributed by atoms with Crippen molar-refractivity contribution in [2.45, 2.75) is 6.04 Å². The van der Waals surface area contributed by atoms with Gasteiger partial charge in [-0.1, -0.05) is 18.7 Å². The first kappa shape index (κ1) is 19.0. The van der Waals surface area contributed by atoms with Gasteiger partial charge < -0.3 is 16.0 Å². The van der Waals surface area contributed by atoms with E-state index < -0.39 is 46.0 Å². The summed E-state index contributed by atoms with van der Waals surface area (Å²) in [6.07, 6.45) is 0. The molecule has 1 aliphatic heterocycles. The molecule has 3 rings (SSSR count). The van der Waals surface area contributed by atoms with E-state index in [4.69, 9.17) is 0 Å². The zero-order chi connectivity index (χ0) is 20.4. The van der Waals surface area contributed by atoms with E-state index in [1.165, 1.54) is 18.2 Å². The van der Waals surface area contributed by atoms with Crippen molar-refractivity contribution in [1.29, 1.82) is 0 Å². The number of nitrogens with one attached hydrogen (secondary N) is 3. The molecule has 0 spiro atoms. The number of nitrogens with zero attached hydrogens (tertiary/aromatic N) is 1. The van der Waals surface area contributed by atoms with Gasteiger partial charge in [0.15, 0.2) is 0 Å². The number of hydrogen-bond donors (Lipinski definition) is 3. The average Bonchev–Trinajstić information content (AvgIpc) is 2.61. The third-order valence-corrected chi connectivity index (χ3v) is 4.19. The van der Waals surface area contributed by atoms with Crippen molar-refractivity contribution in [3.8, 4) is 0 Å². The monoisotopic (exact) mass is 388 g/mol. The molecule has 0 radical (unpaired) electrons. The Bertz CT molecular complexity index is 975. The highest BCUT2D eigenvalue weighted by atomic mass is 19.1. The number of non-ortho nitro benzene ring substituents is 1. The van der Waals surface area contributed by atoms with Crippen LogP contribution in [-0.4, -0.2) is 16.9 Å². The SMILES string of the molecule is C=C1NC(=O)N[C@@H](c2c(F)cccc2F)[C@H]1C(=O)Nc1cccc([N+](=O)[O-])c1. The van der Waals surface area contributed by atoms with E-state index in [1.54, 1.807) is 0 Å². The van der Waals surface area contributed by atoms with E-state index >= 15 is 0 Å². The van der Waals surface area contributed by atoms with Gasteiger partial charge in [0.1, 0.15) is 17.6 Å². The molecule has 2 aromatic carbocycles. The van der Waals surface area contributed by atoms with Gasteiger partial charge in [-0.05, 0) is 18.2 Å². The van der Waals surface area contributed by atoms with Gasteiger partial charge in [-0.15, -0.1) is 0 Å². The lowest BCUT2D eigenvalue weighted by Gasteiger charge is -2.34. The molecule has 10 heteroatoms. The van der Waals surface area contributed by atoms with E-state index in [2.05, 4.69) is 22.5 Å². The van der Waals surface area contributed by atoms with E-state index in [1.807, 2.05) is 0 Å². The number of urea groups is 1. The Hall–Kier alpha value is -3.82. The molecule has 2 atom stereocenters. The van der Waals surface area contributed by atoms with Crippen molar-refractivity contribution < 1.29 is 23.3 Å². The molecule has 8 nitrogen and oxygen atoms in total. The van der Waals surface area contributed by atoms with Gasteiger partial charge in [0.25, 0.3) is 5.69 Å². The van der Waals surface area contributed by atoms with Gasteiger partial charge >= 0.3 is 6.03 Å². The summed E-state index contributed by atoms with van der Waals surface area (Å²) in [5.74, 6) is -3.91. The van der Waals surface area contributed by atoms with E-state index in [0.717, 1.165) is 24.3 Å². The Morgan fingerprint density at radius 2 is 1.82 bits per heavy atom. The highest BCUT2D eigenvalue weighted by molar-refractivity contribution is 5.97. The Kier molecular flexibility index (Phi) is 5.03. The van der Waals surface area contributed by atoms with Crippen LogP contribution in [-0.2, 0) is 4.79 Å². The molecule has 0 unspecified atom stereocenters. The molecule has 1 aliphatic rings. The van der Waals surface area contributed by atoms with E-state index in [9.17, 15) is 28.5 Å². The molecule has 0 saturated carbocycles. The fourth-order valence-electron chi connectivity index (χ4n) is 2.96. The van der Waals surface area contributed by atoms with Gasteiger partial charge in [0, 0.05) is 29.1 Å². The van der Waals surface area contributed by atoms with Crippen LogP contribution in [0.2, 0.25) is 0 Å². The van der Waals surface area contributed by atoms with Crippen LogP contribution in [0, 0.1) is 27.7 Å². The molecule has 0 aliphatic carbocycles. The second-order valence-electron chi connectivity index (χ2n) is 6.01. The molecule has 3 N–H and O–H groups in total. The maximum atomic E-state index is 14.2. The molecule has 0 bridgehead atoms. The van der Waals surface area contributed by atoms with Crippen LogP contribution in [0.3, 0.4) is 0 Å². The van der Waals surface area contributed by atoms with Crippen LogP contribution in [0.4, 0.5) is 25.0 Å². The molecular weight excluding hydrogens is 374 g/mol. The molecular formula is C18H14F2N4O4. The summed E-state index contributed by atoms with van der Waals surface area (Å²) in [5.41, 5.74) is -0.697. The number of benzene rings is 2. The normalized spacial score (nSPS) is 18.8. The minimum Gasteiger partial charge on any atom is -0.330 e. The molecule has 1 heterocycles. The fourth-order valence-corrected chi connectivity index (χ4v) is 2.96. The zero-order valence-corrected chi connectivity index (χ0v) is 14.2. The molecule has 0 aromatic heterocycles. The van der Waals surface area contributed by atoms with Crippen molar-refractivity contribution in [1.82, 2.24) is 10.6 Å². The average molecular weight is 388 g/mol. The van der Waals surface area contributed by atoms with Crippen LogP contribution in [0.5, 0.6) is 0 Å². The summed E-state index contributed by atoms with van der Waals surface area (Å²) in [6.45, 7) is 3.60. The number of hydrogen-bond acceptors (Lipinski definition) is 4. The highest BCUT2D eigenvalue weighted by Gasteiger charge is 2.40. The summed E-state index contributed by atoms with van der Waals surface area (Å²) in [5, 5.41) is 18.0. The molecule has 28 heavy (non-hydrogen) atoms. The Balaban J connectivity index is 1.95. The van der Waals surface area contributed by atoms with Crippen LogP contribution in [0.15, 0.2) is 54.7 Å². The lowest BCUT2D eigenvalue weighted by molar-refractivity contribution is -0.384. The number of rotatable bonds is 4. The summed E-state index contributed by atoms with van der Waals surface area (Å²) in [4.78, 5) is 34.8. The van der Waals surface area contributed by atoms with Crippen LogP contribution < -0.4 is 16.0 Å². The van der Waals surface area contributed by atoms with Gasteiger partial charge in [-0.2, -0.15) is 0 Å². The lowest BCUT2D eigenvalue weighted by atomic mass is 9.87. The number of halogens is 2. The summed E-state index contributed by atoms with van der Waals surface area (Å²) in [7, 11) is 0. The first-order valence-electron chi connectivity index (χ1n) is 8.03. The van der Waals surface area contributed by atoms with Crippen molar-refractivity contribution >= 4 is 23.3 Å². The number of carbonyl (C=O) groups excluding carboxylic acids is 2. The van der Waals surface area contributed by atoms with Gasteiger partial charge in [0.05, 0.1) is 11.0 Å². The van der Waals surface area contributed by atoms with Crippen molar-refractivity contribution in [2.75, 3.05) is 5.32 Å². The third kappa shape index (κ3) is 3.65. The quantitative estimate of drug-likeness (QED) is 0.552. The Morgan fingerprint density at radius 1 is 1.18 bits per heavy atom. The topological polar surface area (TPSA) is 113 Å². The number of anilines is 1. The van der Waals surface area contributed by atoms with Crippen molar-refractivity contribution in [3.05, 3.63) is 82.1 Å². The number of carbonyl (C=O) groups is 2. The largest absolute Gasteiger partial charge is 0.330 e. The summed E-state index contributed by atoms with van der Waals surface area (Å²) < 4.78 is 28.5. The maximum Gasteiger partial charge on any atom is 0.319 e. The van der Waals surface area contributed by atoms with Crippen LogP contribution in [0.25, 0.3) is 0 Å². The predicted octanol–water partition coefficient (Wildman–Crippen LogP) is 3.00. The second kappa shape index (κ2) is 7.43. The lowest BCUT2D eigenvalue weighted by Crippen LogP contribution is -2.52. The minimum absolute atomic E-state index is 0.0701. The third-order valence-electron chi connectivity index (χ3n) is 4.19. The minimum atomic E-state index is -1.36. The van der Waals surface area contributed by atoms with Gasteiger partial charge in [-0.25, -0.2) is 13.6 Å². The predicted molar refractivity (Wildman–Crippen MR) is 95.1 cm³/mol. The van der Waals surface area contributed by atoms with Crippen LogP contribution in [0.1, 0.15) is 11.6 Å². The van der Waals surface area contributed by atoms with Crippen molar-refractivity contribution in [3.63, 3.8) is 0 Å². The number of nitro benzene ring substituents is 1. The van der Waals surface area contributed by atoms with E-state index in [-0.39, 0.29) is 17.1 Å². The molecule has 2 aromatic rings. The highest BCUT2D eigenvalue weighted by Crippen LogP contribution is 2.33. The zero-order valence-electron chi connectivity index (χ0n) is 14.2. The fraction of sp³-hybridized carbons (Fsp3) is 0.111. The maximum absolute atomic E-state index is 14.2. The van der Waals surface area contributed by atoms with Gasteiger partial charge in [0.2, 0.25) is 5.91 Å². The number of nitro groups is 1. The Morgan fingerprint density at radius 3 is 2.46 bits per heavy atom. The Labute approximate surface area is 157 Å². The molecule has 144 valence electrons. The second-order valence-corrected chi connectivity index (χ2v) is 6.01. The summed E-state index contributed by atoms with van der Waals surface area (Å²) >= 11 is 0. The number of amides is 3. The smallest absolute Gasteiger partial charge is 0.319 e. The standard InChI is InChI=1S/C18H14F2N4O4/c1-9-14(17(25)22-10-4-2-5-11(8-10)24(27)28)16(23-18(26)21-9)15-12(19)6-3-7-13(15)20/h2-8,14,16H,1H2,(H,22,25)(H2,21,23,26)/t14-,16+/m0/s1. The first-order chi connectivity index (χ1) is 13.3. The molecule has 3 amide bonds. The van der Waals surface area contributed by atoms with Crippen LogP contribution >= 0.6 is 0 Å². The summed E-state index contributed by atoms with van der Waals surface area (Å²) in [6, 6.07) is 6.21. The molecule has 1 fully saturated rings. The first-order valence-corrected chi connectivity index (χ1v) is 8.03. The van der Waals surface area contributed by atoms with Gasteiger partial charge in [-0.3, -0.25) is 14.9 Å². The van der Waals surface area contributed by atoms with E-state index in [0.29, 0.717) is 0 Å². The molecule has 1 saturated heterocycles. The van der Waals surface area contributed by atoms with Crippen molar-refractivity contribution in [2.24, 2.45) is 5.92 Å².